The molecule has 1 aliphatic heterocycles. The van der Waals surface area contributed by atoms with Crippen LogP contribution in [0.25, 0.3) is 0 Å². The van der Waals surface area contributed by atoms with Gasteiger partial charge in [0.1, 0.15) is 5.75 Å². The van der Waals surface area contributed by atoms with E-state index in [9.17, 15) is 19.5 Å². The number of nitrogens with zero attached hydrogens (tertiary/aromatic N) is 3. The van der Waals surface area contributed by atoms with E-state index >= 15 is 0 Å². The molecule has 0 aliphatic carbocycles. The van der Waals surface area contributed by atoms with E-state index in [2.05, 4.69) is 10.2 Å². The van der Waals surface area contributed by atoms with Crippen molar-refractivity contribution in [1.82, 2.24) is 4.90 Å². The van der Waals surface area contributed by atoms with Gasteiger partial charge in [-0.2, -0.15) is 0 Å². The van der Waals surface area contributed by atoms with Gasteiger partial charge in [0.15, 0.2) is 5.76 Å². The minimum absolute atomic E-state index is 0. The van der Waals surface area contributed by atoms with Gasteiger partial charge in [-0.1, -0.05) is 43.7 Å². The minimum Gasteiger partial charge on any atom is -0.505 e. The van der Waals surface area contributed by atoms with Crippen LogP contribution >= 0.6 is 0 Å². The van der Waals surface area contributed by atoms with Crippen LogP contribution in [-0.4, -0.2) is 33.8 Å². The number of aliphatic hydroxyl groups is 1. The fraction of sp³-hybridized carbons (Fsp3) is 0.296. The Hall–Kier alpha value is -3.55. The van der Waals surface area contributed by atoms with Gasteiger partial charge in [-0.25, -0.2) is 4.79 Å². The summed E-state index contributed by atoms with van der Waals surface area (Å²) in [5.74, 6) is -1.85. The Morgan fingerprint density at radius 3 is 2.19 bits per heavy atom. The van der Waals surface area contributed by atoms with Crippen LogP contribution in [0.15, 0.2) is 81.4 Å². The Labute approximate surface area is 221 Å². The summed E-state index contributed by atoms with van der Waals surface area (Å²) in [5.41, 5.74) is 1.28. The summed E-state index contributed by atoms with van der Waals surface area (Å²) in [6.07, 6.45) is 1.26. The number of carbonyl (C=O) groups excluding carboxylic acids is 3. The molecule has 0 saturated carbocycles. The Morgan fingerprint density at radius 1 is 0.972 bits per heavy atom. The monoisotopic (exact) mass is 538 g/mol. The van der Waals surface area contributed by atoms with Crippen molar-refractivity contribution in [2.45, 2.75) is 53.5 Å². The Bertz CT molecular complexity index is 1240. The molecule has 2 aromatic carbocycles. The third-order valence-corrected chi connectivity index (χ3v) is 5.97. The Kier molecular flexibility index (Phi) is 9.90. The van der Waals surface area contributed by atoms with Crippen LogP contribution < -0.4 is 4.74 Å². The summed E-state index contributed by atoms with van der Waals surface area (Å²) in [6.45, 7) is 9.05. The average Bonchev–Trinajstić information content (AvgIpc) is 3.11. The van der Waals surface area contributed by atoms with Crippen LogP contribution in [0.4, 0.5) is 5.69 Å². The molecule has 9 heteroatoms. The molecule has 191 valence electrons. The quantitative estimate of drug-likeness (QED) is 0.0621. The van der Waals surface area contributed by atoms with Crippen molar-refractivity contribution in [2.24, 2.45) is 10.2 Å². The van der Waals surface area contributed by atoms with Gasteiger partial charge in [-0.3, -0.25) is 14.5 Å². The van der Waals surface area contributed by atoms with E-state index in [1.54, 1.807) is 63.2 Å². The standard InChI is InChI=1S/C27H29N3O5.Cu/c1-6-18(7-2)30-25(32)20-14-11-15-21(22(20)26(30)33)28-29-23(24(31)17(5)16(3)4)27(34)35-19-12-9-8-10-13-19;/h8-15,18,31H,6-7H2,1-5H3;/q;+2/b24-23-,29-28?;. The molecule has 1 N–H and O–H groups in total. The predicted molar refractivity (Wildman–Crippen MR) is 132 cm³/mol. The SMILES string of the molecule is CCC(CC)N1C(=O)c2cccc(N=N/C(C(=O)Oc3ccccc3)=C(\O)C(C)=C(C)C)c2C1=O.[Cu+2]. The molecule has 0 atom stereocenters. The van der Waals surface area contributed by atoms with Gasteiger partial charge in [-0.05, 0) is 63.5 Å². The van der Waals surface area contributed by atoms with Crippen LogP contribution in [-0.2, 0) is 21.9 Å². The first-order chi connectivity index (χ1) is 16.7. The van der Waals surface area contributed by atoms with Crippen LogP contribution in [0.3, 0.4) is 0 Å². The number of rotatable bonds is 8. The number of fused-ring (bicyclic) bond motifs is 1. The number of hydrogen-bond donors (Lipinski definition) is 1. The Morgan fingerprint density at radius 2 is 1.61 bits per heavy atom. The van der Waals surface area contributed by atoms with Crippen molar-refractivity contribution >= 4 is 23.5 Å². The summed E-state index contributed by atoms with van der Waals surface area (Å²) >= 11 is 0. The van der Waals surface area contributed by atoms with Crippen LogP contribution in [0.5, 0.6) is 5.75 Å². The molecule has 1 heterocycles. The van der Waals surface area contributed by atoms with Crippen LogP contribution in [0.2, 0.25) is 0 Å². The molecule has 2 amide bonds. The molecule has 3 rings (SSSR count). The molecule has 1 aliphatic rings. The molecular weight excluding hydrogens is 510 g/mol. The normalized spacial score (nSPS) is 13.4. The van der Waals surface area contributed by atoms with E-state index in [4.69, 9.17) is 4.74 Å². The fourth-order valence-electron chi connectivity index (χ4n) is 3.70. The maximum Gasteiger partial charge on any atom is 2.00 e. The average molecular weight is 539 g/mol. The molecule has 0 spiro atoms. The van der Waals surface area contributed by atoms with Crippen molar-refractivity contribution < 1.29 is 41.3 Å². The largest absolute Gasteiger partial charge is 2.00 e. The van der Waals surface area contributed by atoms with E-state index in [0.717, 1.165) is 5.57 Å². The van der Waals surface area contributed by atoms with E-state index in [1.807, 2.05) is 13.8 Å². The number of amides is 2. The molecule has 36 heavy (non-hydrogen) atoms. The number of hydrogen-bond acceptors (Lipinski definition) is 7. The van der Waals surface area contributed by atoms with Gasteiger partial charge in [0, 0.05) is 6.04 Å². The number of benzene rings is 2. The molecule has 0 unspecified atom stereocenters. The number of aliphatic hydroxyl groups excluding tert-OH is 1. The first kappa shape index (κ1) is 28.7. The smallest absolute Gasteiger partial charge is 0.505 e. The fourth-order valence-corrected chi connectivity index (χ4v) is 3.70. The van der Waals surface area contributed by atoms with Gasteiger partial charge in [-0.15, -0.1) is 10.2 Å². The van der Waals surface area contributed by atoms with Gasteiger partial charge < -0.3 is 9.84 Å². The van der Waals surface area contributed by atoms with Gasteiger partial charge >= 0.3 is 23.0 Å². The second-order valence-corrected chi connectivity index (χ2v) is 8.38. The zero-order chi connectivity index (χ0) is 25.7. The van der Waals surface area contributed by atoms with E-state index in [-0.39, 0.29) is 57.3 Å². The number of allylic oxidation sites excluding steroid dienone is 2. The third-order valence-electron chi connectivity index (χ3n) is 5.97. The maximum absolute atomic E-state index is 13.2. The molecule has 0 saturated heterocycles. The third kappa shape index (κ3) is 5.80. The first-order valence-electron chi connectivity index (χ1n) is 11.5. The summed E-state index contributed by atoms with van der Waals surface area (Å²) < 4.78 is 5.36. The topological polar surface area (TPSA) is 109 Å². The van der Waals surface area contributed by atoms with Crippen LogP contribution in [0, 0.1) is 0 Å². The zero-order valence-corrected chi connectivity index (χ0v) is 21.8. The summed E-state index contributed by atoms with van der Waals surface area (Å²) in [4.78, 5) is 40.3. The molecule has 8 nitrogen and oxygen atoms in total. The number of esters is 1. The molecule has 0 aromatic heterocycles. The number of para-hydroxylation sites is 1. The van der Waals surface area contributed by atoms with Gasteiger partial charge in [0.2, 0.25) is 5.70 Å². The second-order valence-electron chi connectivity index (χ2n) is 8.38. The number of azo groups is 1. The number of carbonyl (C=O) groups is 3. The van der Waals surface area contributed by atoms with E-state index in [1.165, 1.54) is 11.0 Å². The van der Waals surface area contributed by atoms with Crippen molar-refractivity contribution in [3.8, 4) is 5.75 Å². The van der Waals surface area contributed by atoms with Crippen LogP contribution in [0.1, 0.15) is 68.2 Å². The van der Waals surface area contributed by atoms with Crippen molar-refractivity contribution in [3.63, 3.8) is 0 Å². The first-order valence-corrected chi connectivity index (χ1v) is 11.5. The van der Waals surface area contributed by atoms with Gasteiger partial charge in [0.25, 0.3) is 11.8 Å². The molecule has 0 bridgehead atoms. The summed E-state index contributed by atoms with van der Waals surface area (Å²) in [6, 6.07) is 12.9. The molecule has 1 radical (unpaired) electrons. The Balaban J connectivity index is 0.00000456. The van der Waals surface area contributed by atoms with Crippen molar-refractivity contribution in [3.05, 3.63) is 82.3 Å². The minimum atomic E-state index is -0.910. The zero-order valence-electron chi connectivity index (χ0n) is 20.8. The number of ether oxygens (including phenoxy) is 1. The summed E-state index contributed by atoms with van der Waals surface area (Å²) in [5, 5.41) is 18.9. The number of imide groups is 1. The molecule has 2 aromatic rings. The molecule has 0 fully saturated rings. The van der Waals surface area contributed by atoms with Crippen molar-refractivity contribution in [1.29, 1.82) is 0 Å². The van der Waals surface area contributed by atoms with E-state index in [0.29, 0.717) is 18.4 Å². The predicted octanol–water partition coefficient (Wildman–Crippen LogP) is 6.28. The summed E-state index contributed by atoms with van der Waals surface area (Å²) in [7, 11) is 0. The van der Waals surface area contributed by atoms with E-state index < -0.39 is 17.6 Å². The molecular formula is C27H29CuN3O5+2. The maximum atomic E-state index is 13.2. The van der Waals surface area contributed by atoms with Crippen molar-refractivity contribution in [2.75, 3.05) is 0 Å². The van der Waals surface area contributed by atoms with Gasteiger partial charge in [0.05, 0.1) is 16.8 Å². The second kappa shape index (κ2) is 12.4.